The van der Waals surface area contributed by atoms with Gasteiger partial charge in [0.05, 0.1) is 19.3 Å². The molecule has 6 N–H and O–H groups in total. The molecule has 1 saturated heterocycles. The third-order valence-electron chi connectivity index (χ3n) is 3.99. The monoisotopic (exact) mass is 540 g/mol. The van der Waals surface area contributed by atoms with E-state index in [9.17, 15) is 33.3 Å². The Balaban J connectivity index is 2.24. The summed E-state index contributed by atoms with van der Waals surface area (Å²) in [4.78, 5) is 59.1. The average molecular weight is 541 g/mol. The number of aromatic amines is 1. The van der Waals surface area contributed by atoms with E-state index < -0.39 is 71.1 Å². The Morgan fingerprint density at radius 1 is 1.22 bits per heavy atom. The highest BCUT2D eigenvalue weighted by molar-refractivity contribution is 7.66. The van der Waals surface area contributed by atoms with Crippen molar-refractivity contribution >= 4 is 35.1 Å². The van der Waals surface area contributed by atoms with Gasteiger partial charge >= 0.3 is 29.2 Å². The fourth-order valence-corrected chi connectivity index (χ4v) is 6.14. The predicted octanol–water partition coefficient (Wildman–Crippen LogP) is -1.00. The van der Waals surface area contributed by atoms with Crippen molar-refractivity contribution in [2.24, 2.45) is 5.92 Å². The molecule has 20 heteroatoms. The van der Waals surface area contributed by atoms with Crippen LogP contribution in [0.1, 0.15) is 6.23 Å². The Morgan fingerprint density at radius 3 is 2.34 bits per heavy atom. The van der Waals surface area contributed by atoms with Gasteiger partial charge in [0, 0.05) is 18.2 Å². The summed E-state index contributed by atoms with van der Waals surface area (Å²) >= 11 is 6.38. The third kappa shape index (κ3) is 6.47. The van der Waals surface area contributed by atoms with Gasteiger partial charge in [-0.3, -0.25) is 18.9 Å². The number of ether oxygens (including phenoxy) is 1. The number of nitrogens with one attached hydrogen (secondary N) is 1. The van der Waals surface area contributed by atoms with E-state index in [-0.39, 0.29) is 0 Å². The Hall–Kier alpha value is -1.14. The van der Waals surface area contributed by atoms with E-state index in [0.717, 1.165) is 16.8 Å². The van der Waals surface area contributed by atoms with Crippen molar-refractivity contribution in [2.75, 3.05) is 13.2 Å². The van der Waals surface area contributed by atoms with E-state index in [1.807, 2.05) is 4.98 Å². The molecule has 0 bridgehead atoms. The van der Waals surface area contributed by atoms with Crippen LogP contribution < -0.4 is 11.2 Å². The van der Waals surface area contributed by atoms with Crippen LogP contribution in [0.5, 0.6) is 0 Å². The summed E-state index contributed by atoms with van der Waals surface area (Å²) in [6.07, 6.45) is 3.51. The summed E-state index contributed by atoms with van der Waals surface area (Å²) in [5, 5.41) is 9.71. The fourth-order valence-electron chi connectivity index (χ4n) is 2.75. The first-order valence-corrected chi connectivity index (χ1v) is 13.0. The quantitative estimate of drug-likeness (QED) is 0.125. The summed E-state index contributed by atoms with van der Waals surface area (Å²) < 4.78 is 51.9. The highest BCUT2D eigenvalue weighted by Crippen LogP contribution is 2.66. The van der Waals surface area contributed by atoms with Crippen LogP contribution >= 0.6 is 35.1 Å². The number of aliphatic hydroxyl groups is 1. The first kappa shape index (κ1) is 27.1. The van der Waals surface area contributed by atoms with Crippen LogP contribution in [-0.4, -0.2) is 58.4 Å². The molecular formula is C12H16ClN2O14P3. The van der Waals surface area contributed by atoms with Crippen molar-refractivity contribution in [2.45, 2.75) is 17.2 Å². The first-order valence-electron chi connectivity index (χ1n) is 8.06. The summed E-state index contributed by atoms with van der Waals surface area (Å²) in [7, 11) is -16.8. The molecule has 0 aromatic carbocycles. The molecule has 1 aromatic heterocycles. The molecule has 1 fully saturated rings. The number of nitrogens with zero attached hydrogens (tertiary/aromatic N) is 1. The average Bonchev–Trinajstić information content (AvgIpc) is 2.89. The summed E-state index contributed by atoms with van der Waals surface area (Å²) in [5.41, 5.74) is -1.72. The van der Waals surface area contributed by atoms with Gasteiger partial charge in [-0.25, -0.2) is 18.5 Å². The van der Waals surface area contributed by atoms with Gasteiger partial charge in [-0.05, 0) is 0 Å². The largest absolute Gasteiger partial charge is 0.490 e. The van der Waals surface area contributed by atoms with E-state index in [0.29, 0.717) is 0 Å². The summed E-state index contributed by atoms with van der Waals surface area (Å²) in [6.45, 7) is -1.76. The van der Waals surface area contributed by atoms with E-state index in [2.05, 4.69) is 19.1 Å². The molecule has 2 rings (SSSR count). The number of phosphoric ester groups is 1. The topological polar surface area (TPSA) is 244 Å². The molecule has 4 unspecified atom stereocenters. The SMILES string of the molecule is C#CC1(Cl)C(CO)[C@@H](COP(=O)(O)OP(=O)(O)OP(=O)(O)O)O[C@H]1n1ccc(=O)[nH]c1=O. The second-order valence-electron chi connectivity index (χ2n) is 6.13. The van der Waals surface area contributed by atoms with Gasteiger partial charge < -0.3 is 29.4 Å². The number of rotatable bonds is 9. The van der Waals surface area contributed by atoms with Crippen molar-refractivity contribution < 1.29 is 56.3 Å². The van der Waals surface area contributed by atoms with Gasteiger partial charge in [0.2, 0.25) is 0 Å². The number of terminal acetylenes is 1. The lowest BCUT2D eigenvalue weighted by Gasteiger charge is -2.27. The molecule has 0 spiro atoms. The van der Waals surface area contributed by atoms with Crippen LogP contribution in [-0.2, 0) is 31.6 Å². The number of hydrogen-bond donors (Lipinski definition) is 6. The van der Waals surface area contributed by atoms with Crippen LogP contribution in [0, 0.1) is 18.3 Å². The molecule has 0 saturated carbocycles. The Kier molecular flexibility index (Phi) is 8.14. The highest BCUT2D eigenvalue weighted by Gasteiger charge is 2.56. The zero-order valence-electron chi connectivity index (χ0n) is 15.5. The zero-order chi connectivity index (χ0) is 24.5. The fraction of sp³-hybridized carbons (Fsp3) is 0.500. The molecule has 1 aromatic rings. The first-order chi connectivity index (χ1) is 14.5. The number of phosphoric acid groups is 3. The Bertz CT molecular complexity index is 1150. The number of alkyl halides is 1. The molecule has 2 heterocycles. The van der Waals surface area contributed by atoms with Gasteiger partial charge in [-0.15, -0.1) is 6.42 Å². The van der Waals surface area contributed by atoms with Crippen molar-refractivity contribution in [3.05, 3.63) is 33.1 Å². The van der Waals surface area contributed by atoms with Crippen molar-refractivity contribution in [1.29, 1.82) is 0 Å². The lowest BCUT2D eigenvalue weighted by molar-refractivity contribution is -0.0374. The van der Waals surface area contributed by atoms with Crippen LogP contribution in [0.2, 0.25) is 0 Å². The molecule has 180 valence electrons. The maximum Gasteiger partial charge on any atom is 0.490 e. The minimum absolute atomic E-state index is 0.743. The maximum absolute atomic E-state index is 12.1. The van der Waals surface area contributed by atoms with Crippen molar-refractivity contribution in [3.63, 3.8) is 0 Å². The zero-order valence-corrected chi connectivity index (χ0v) is 18.9. The van der Waals surface area contributed by atoms with Gasteiger partial charge in [-0.1, -0.05) is 17.5 Å². The molecule has 16 nitrogen and oxygen atoms in total. The molecule has 0 radical (unpaired) electrons. The molecule has 0 amide bonds. The Morgan fingerprint density at radius 2 is 1.84 bits per heavy atom. The van der Waals surface area contributed by atoms with Gasteiger partial charge in [-0.2, -0.15) is 8.62 Å². The smallest absolute Gasteiger partial charge is 0.396 e. The number of aromatic nitrogens is 2. The predicted molar refractivity (Wildman–Crippen MR) is 103 cm³/mol. The maximum atomic E-state index is 12.1. The normalized spacial score (nSPS) is 29.7. The number of aliphatic hydroxyl groups excluding tert-OH is 1. The van der Waals surface area contributed by atoms with Gasteiger partial charge in [0.25, 0.3) is 5.56 Å². The molecule has 32 heavy (non-hydrogen) atoms. The molecule has 1 aliphatic heterocycles. The second-order valence-corrected chi connectivity index (χ2v) is 11.2. The number of halogens is 1. The van der Waals surface area contributed by atoms with E-state index in [1.165, 1.54) is 0 Å². The molecule has 6 atom stereocenters. The second kappa shape index (κ2) is 9.61. The van der Waals surface area contributed by atoms with Crippen LogP contribution in [0.25, 0.3) is 0 Å². The van der Waals surface area contributed by atoms with Crippen molar-refractivity contribution in [1.82, 2.24) is 9.55 Å². The highest BCUT2D eigenvalue weighted by atomic mass is 35.5. The number of hydrogen-bond acceptors (Lipinski definition) is 10. The number of H-pyrrole nitrogens is 1. The minimum Gasteiger partial charge on any atom is -0.396 e. The van der Waals surface area contributed by atoms with Crippen molar-refractivity contribution in [3.8, 4) is 12.3 Å². The van der Waals surface area contributed by atoms with Gasteiger partial charge in [0.15, 0.2) is 11.1 Å². The minimum atomic E-state index is -5.75. The summed E-state index contributed by atoms with van der Waals surface area (Å²) in [6, 6.07) is 0.950. The Labute approximate surface area is 183 Å². The van der Waals surface area contributed by atoms with E-state index in [4.69, 9.17) is 37.4 Å². The molecule has 1 aliphatic rings. The lowest BCUT2D eigenvalue weighted by atomic mass is 9.89. The standard InChI is InChI=1S/C12H16ClN2O14P3/c1-2-12(13)7(5-16)8(27-10(12)15-4-3-9(17)14-11(15)18)6-26-31(22,23)29-32(24,25)28-30(19,20)21/h1,3-4,7-8,10,16H,5-6H2,(H,22,23)(H,24,25)(H,14,17,18)(H2,19,20,21)/t7?,8-,10-,12?/m1/s1. The van der Waals surface area contributed by atoms with Crippen LogP contribution in [0.4, 0.5) is 0 Å². The van der Waals surface area contributed by atoms with E-state index >= 15 is 0 Å². The van der Waals surface area contributed by atoms with E-state index in [1.54, 1.807) is 0 Å². The lowest BCUT2D eigenvalue weighted by Crippen LogP contribution is -2.42. The third-order valence-corrected chi connectivity index (χ3v) is 8.37. The molecular weight excluding hydrogens is 525 g/mol. The summed E-state index contributed by atoms with van der Waals surface area (Å²) in [5.74, 6) is 0.897. The van der Waals surface area contributed by atoms with Crippen LogP contribution in [0.3, 0.4) is 0 Å². The van der Waals surface area contributed by atoms with Crippen LogP contribution in [0.15, 0.2) is 21.9 Å². The molecule has 0 aliphatic carbocycles. The van der Waals surface area contributed by atoms with Gasteiger partial charge in [0.1, 0.15) is 0 Å².